The highest BCUT2D eigenvalue weighted by atomic mass is 16.3. The summed E-state index contributed by atoms with van der Waals surface area (Å²) in [6.07, 6.45) is 3.23. The lowest BCUT2D eigenvalue weighted by Crippen LogP contribution is -2.35. The summed E-state index contributed by atoms with van der Waals surface area (Å²) < 4.78 is 1.65. The Morgan fingerprint density at radius 2 is 1.86 bits per heavy atom. The molecule has 148 valence electrons. The summed E-state index contributed by atoms with van der Waals surface area (Å²) in [6, 6.07) is 2.85. The first-order chi connectivity index (χ1) is 13.2. The maximum atomic E-state index is 12.9. The molecule has 1 aliphatic rings. The molecule has 1 aliphatic heterocycles. The van der Waals surface area contributed by atoms with Crippen LogP contribution in [0.3, 0.4) is 0 Å². The van der Waals surface area contributed by atoms with Crippen molar-refractivity contribution in [1.82, 2.24) is 24.6 Å². The summed E-state index contributed by atoms with van der Waals surface area (Å²) in [4.78, 5) is 33.2. The lowest BCUT2D eigenvalue weighted by atomic mass is 9.95. The molecular formula is C20H25N5O3. The Kier molecular flexibility index (Phi) is 5.33. The molecule has 2 aromatic heterocycles. The molecule has 1 atom stereocenters. The van der Waals surface area contributed by atoms with E-state index in [4.69, 9.17) is 0 Å². The van der Waals surface area contributed by atoms with E-state index in [1.165, 1.54) is 4.90 Å². The Balaban J connectivity index is 2.19. The van der Waals surface area contributed by atoms with Crippen LogP contribution in [0.15, 0.2) is 30.1 Å². The maximum absolute atomic E-state index is 12.9. The highest BCUT2D eigenvalue weighted by Gasteiger charge is 2.46. The third-order valence-electron chi connectivity index (χ3n) is 5.10. The number of carbonyl (C=O) groups excluding carboxylic acids is 2. The normalized spacial score (nSPS) is 19.1. The zero-order chi connectivity index (χ0) is 20.6. The lowest BCUT2D eigenvalue weighted by Gasteiger charge is -2.26. The van der Waals surface area contributed by atoms with Crippen molar-refractivity contribution in [3.8, 4) is 0 Å². The van der Waals surface area contributed by atoms with Crippen LogP contribution in [-0.4, -0.2) is 68.5 Å². The first-order valence-corrected chi connectivity index (χ1v) is 9.07. The minimum atomic E-state index is -0.680. The number of rotatable bonds is 5. The molecule has 0 aliphatic carbocycles. The molecule has 1 saturated heterocycles. The highest BCUT2D eigenvalue weighted by Crippen LogP contribution is 2.39. The van der Waals surface area contributed by atoms with Crippen molar-refractivity contribution in [2.75, 3.05) is 27.2 Å². The number of aromatic nitrogens is 3. The molecule has 28 heavy (non-hydrogen) atoms. The number of likely N-dealkylation sites (N-methyl/N-ethyl adjacent to an activating group) is 1. The molecule has 1 fully saturated rings. The number of aliphatic hydroxyl groups excluding tert-OH is 1. The number of Topliss-reactive ketones (excluding diaryl/α,β-unsaturated/α-hetero) is 1. The number of hydrogen-bond acceptors (Lipinski definition) is 6. The van der Waals surface area contributed by atoms with E-state index < -0.39 is 17.7 Å². The van der Waals surface area contributed by atoms with Gasteiger partial charge in [-0.15, -0.1) is 0 Å². The number of likely N-dealkylation sites (tertiary alicyclic amines) is 1. The number of amides is 1. The number of aliphatic hydroxyl groups is 1. The van der Waals surface area contributed by atoms with E-state index in [9.17, 15) is 14.7 Å². The zero-order valence-electron chi connectivity index (χ0n) is 16.8. The number of pyridine rings is 1. The highest BCUT2D eigenvalue weighted by molar-refractivity contribution is 6.46. The predicted octanol–water partition coefficient (Wildman–Crippen LogP) is 1.42. The third kappa shape index (κ3) is 3.31. The zero-order valence-corrected chi connectivity index (χ0v) is 16.8. The van der Waals surface area contributed by atoms with Crippen LogP contribution in [0.1, 0.15) is 28.6 Å². The Hall–Kier alpha value is -3.00. The fourth-order valence-corrected chi connectivity index (χ4v) is 3.56. The van der Waals surface area contributed by atoms with E-state index in [1.807, 2.05) is 25.9 Å². The molecule has 0 saturated carbocycles. The Morgan fingerprint density at radius 3 is 2.39 bits per heavy atom. The number of hydrogen-bond donors (Lipinski definition) is 1. The van der Waals surface area contributed by atoms with E-state index in [2.05, 4.69) is 10.1 Å². The SMILES string of the molecule is Cc1nn(C)c(C)c1/C(O)=C1\C(=O)C(=O)N(CCN(C)C)[C@H]1c1ccncc1. The van der Waals surface area contributed by atoms with Gasteiger partial charge in [0, 0.05) is 38.2 Å². The summed E-state index contributed by atoms with van der Waals surface area (Å²) in [5, 5.41) is 15.4. The number of carbonyl (C=O) groups is 2. The second kappa shape index (κ2) is 7.55. The molecule has 2 aromatic rings. The second-order valence-electron chi connectivity index (χ2n) is 7.25. The molecule has 0 bridgehead atoms. The topological polar surface area (TPSA) is 91.6 Å². The molecule has 1 N–H and O–H groups in total. The van der Waals surface area contributed by atoms with Gasteiger partial charge in [-0.05, 0) is 45.6 Å². The van der Waals surface area contributed by atoms with E-state index in [-0.39, 0.29) is 11.3 Å². The van der Waals surface area contributed by atoms with Crippen LogP contribution in [0.4, 0.5) is 0 Å². The van der Waals surface area contributed by atoms with Gasteiger partial charge >= 0.3 is 0 Å². The minimum Gasteiger partial charge on any atom is -0.507 e. The van der Waals surface area contributed by atoms with Gasteiger partial charge in [-0.2, -0.15) is 5.10 Å². The minimum absolute atomic E-state index is 0.0918. The van der Waals surface area contributed by atoms with Crippen LogP contribution < -0.4 is 0 Å². The molecule has 0 spiro atoms. The quantitative estimate of drug-likeness (QED) is 0.477. The molecule has 3 rings (SSSR count). The van der Waals surface area contributed by atoms with E-state index >= 15 is 0 Å². The van der Waals surface area contributed by atoms with Gasteiger partial charge in [0.2, 0.25) is 0 Å². The maximum Gasteiger partial charge on any atom is 0.295 e. The van der Waals surface area contributed by atoms with Gasteiger partial charge in [0.15, 0.2) is 0 Å². The monoisotopic (exact) mass is 383 g/mol. The van der Waals surface area contributed by atoms with Crippen molar-refractivity contribution in [1.29, 1.82) is 0 Å². The van der Waals surface area contributed by atoms with Crippen LogP contribution in [0.2, 0.25) is 0 Å². The molecule has 0 unspecified atom stereocenters. The number of ketones is 1. The average Bonchev–Trinajstić information content (AvgIpc) is 3.06. The number of nitrogens with zero attached hydrogens (tertiary/aromatic N) is 5. The van der Waals surface area contributed by atoms with Gasteiger partial charge < -0.3 is 14.9 Å². The summed E-state index contributed by atoms with van der Waals surface area (Å²) in [6.45, 7) is 4.55. The van der Waals surface area contributed by atoms with E-state index in [0.717, 1.165) is 11.3 Å². The molecular weight excluding hydrogens is 358 g/mol. The van der Waals surface area contributed by atoms with Crippen molar-refractivity contribution >= 4 is 17.4 Å². The van der Waals surface area contributed by atoms with Crippen molar-refractivity contribution in [2.24, 2.45) is 7.05 Å². The van der Waals surface area contributed by atoms with Gasteiger partial charge in [0.25, 0.3) is 11.7 Å². The Labute approximate surface area is 164 Å². The fourth-order valence-electron chi connectivity index (χ4n) is 3.56. The van der Waals surface area contributed by atoms with Gasteiger partial charge in [0.05, 0.1) is 22.9 Å². The molecule has 8 nitrogen and oxygen atoms in total. The summed E-state index contributed by atoms with van der Waals surface area (Å²) >= 11 is 0. The standard InChI is InChI=1S/C20H25N5O3/c1-12-15(13(2)24(5)22-12)18(26)16-17(14-6-8-21-9-7-14)25(11-10-23(3)4)20(28)19(16)27/h6-9,17,26H,10-11H2,1-5H3/b18-16+/t17-/m0/s1. The molecule has 0 radical (unpaired) electrons. The molecule has 3 heterocycles. The van der Waals surface area contributed by atoms with Gasteiger partial charge in [0.1, 0.15) is 5.76 Å². The van der Waals surface area contributed by atoms with Crippen molar-refractivity contribution in [2.45, 2.75) is 19.9 Å². The van der Waals surface area contributed by atoms with Crippen molar-refractivity contribution < 1.29 is 14.7 Å². The van der Waals surface area contributed by atoms with Gasteiger partial charge in [-0.25, -0.2) is 0 Å². The largest absolute Gasteiger partial charge is 0.507 e. The lowest BCUT2D eigenvalue weighted by molar-refractivity contribution is -0.140. The number of aryl methyl sites for hydroxylation is 2. The molecule has 0 aromatic carbocycles. The van der Waals surface area contributed by atoms with Crippen LogP contribution in [0.25, 0.3) is 5.76 Å². The predicted molar refractivity (Wildman–Crippen MR) is 104 cm³/mol. The first kappa shape index (κ1) is 19.8. The summed E-state index contributed by atoms with van der Waals surface area (Å²) in [5.41, 5.74) is 2.64. The third-order valence-corrected chi connectivity index (χ3v) is 5.10. The average molecular weight is 383 g/mol. The second-order valence-corrected chi connectivity index (χ2v) is 7.25. The Morgan fingerprint density at radius 1 is 1.21 bits per heavy atom. The summed E-state index contributed by atoms with van der Waals surface area (Å²) in [7, 11) is 5.58. The first-order valence-electron chi connectivity index (χ1n) is 9.07. The van der Waals surface area contributed by atoms with Crippen LogP contribution in [0, 0.1) is 13.8 Å². The smallest absolute Gasteiger partial charge is 0.295 e. The Bertz CT molecular complexity index is 946. The van der Waals surface area contributed by atoms with Gasteiger partial charge in [-0.1, -0.05) is 0 Å². The molecule has 1 amide bonds. The van der Waals surface area contributed by atoms with Crippen LogP contribution >= 0.6 is 0 Å². The van der Waals surface area contributed by atoms with E-state index in [0.29, 0.717) is 24.3 Å². The van der Waals surface area contributed by atoms with Crippen molar-refractivity contribution in [3.63, 3.8) is 0 Å². The molecule has 8 heteroatoms. The van der Waals surface area contributed by atoms with E-state index in [1.54, 1.807) is 43.2 Å². The summed E-state index contributed by atoms with van der Waals surface area (Å²) in [5.74, 6) is -1.47. The van der Waals surface area contributed by atoms with Crippen LogP contribution in [-0.2, 0) is 16.6 Å². The van der Waals surface area contributed by atoms with Crippen molar-refractivity contribution in [3.05, 3.63) is 52.6 Å². The van der Waals surface area contributed by atoms with Crippen LogP contribution in [0.5, 0.6) is 0 Å². The fraction of sp³-hybridized carbons (Fsp3) is 0.400. The van der Waals surface area contributed by atoms with Gasteiger partial charge in [-0.3, -0.25) is 19.3 Å².